The Morgan fingerprint density at radius 1 is 1.46 bits per heavy atom. The van der Waals surface area contributed by atoms with Gasteiger partial charge in [-0.1, -0.05) is 51.0 Å². The maximum atomic E-state index is 2.45. The number of hydrogen-bond donors (Lipinski definition) is 0. The number of unbranched alkanes of at least 4 members (excludes halogenated alkanes) is 1. The van der Waals surface area contributed by atoms with Crippen LogP contribution in [0.1, 0.15) is 52.9 Å². The van der Waals surface area contributed by atoms with Gasteiger partial charge >= 0.3 is 0 Å². The number of hydrogen-bond acceptors (Lipinski definition) is 0. The van der Waals surface area contributed by atoms with Gasteiger partial charge in [0.05, 0.1) is 0 Å². The van der Waals surface area contributed by atoms with Crippen molar-refractivity contribution in [1.29, 1.82) is 0 Å². The second-order valence-corrected chi connectivity index (χ2v) is 4.75. The lowest BCUT2D eigenvalue weighted by Gasteiger charge is -2.26. The van der Waals surface area contributed by atoms with Crippen molar-refractivity contribution < 1.29 is 0 Å². The Bertz CT molecular complexity index is 206. The third-order valence-corrected chi connectivity index (χ3v) is 2.65. The highest BCUT2D eigenvalue weighted by atomic mass is 14.2. The van der Waals surface area contributed by atoms with E-state index in [1.54, 1.807) is 5.57 Å². The molecule has 0 aromatic carbocycles. The van der Waals surface area contributed by atoms with Crippen LogP contribution in [-0.2, 0) is 0 Å². The lowest BCUT2D eigenvalue weighted by Crippen LogP contribution is -2.12. The molecule has 13 heavy (non-hydrogen) atoms. The summed E-state index contributed by atoms with van der Waals surface area (Å²) in [5.41, 5.74) is 1.98. The largest absolute Gasteiger partial charge is 0.0843 e. The molecular weight excluding hydrogens is 156 g/mol. The SMILES string of the molecule is CCCC=CC1=CC(C)(C)CCC1. The molecule has 0 nitrogen and oxygen atoms in total. The molecule has 0 aromatic rings. The van der Waals surface area contributed by atoms with Gasteiger partial charge in [0.25, 0.3) is 0 Å². The zero-order valence-corrected chi connectivity index (χ0v) is 9.27. The summed E-state index contributed by atoms with van der Waals surface area (Å²) in [4.78, 5) is 0. The molecule has 0 heterocycles. The summed E-state index contributed by atoms with van der Waals surface area (Å²) in [6.45, 7) is 6.89. The van der Waals surface area contributed by atoms with Gasteiger partial charge in [-0.15, -0.1) is 0 Å². The van der Waals surface area contributed by atoms with E-state index in [4.69, 9.17) is 0 Å². The Morgan fingerprint density at radius 2 is 2.23 bits per heavy atom. The average Bonchev–Trinajstić information content (AvgIpc) is 2.03. The first-order valence-corrected chi connectivity index (χ1v) is 5.52. The maximum Gasteiger partial charge on any atom is -0.0169 e. The molecule has 0 aliphatic heterocycles. The van der Waals surface area contributed by atoms with E-state index >= 15 is 0 Å². The van der Waals surface area contributed by atoms with E-state index in [9.17, 15) is 0 Å². The Kier molecular flexibility index (Phi) is 3.77. The van der Waals surface area contributed by atoms with Gasteiger partial charge in [-0.25, -0.2) is 0 Å². The molecule has 0 amide bonds. The van der Waals surface area contributed by atoms with E-state index in [-0.39, 0.29) is 0 Å². The van der Waals surface area contributed by atoms with Crippen LogP contribution < -0.4 is 0 Å². The molecule has 0 heteroatoms. The first-order valence-electron chi connectivity index (χ1n) is 5.52. The lowest BCUT2D eigenvalue weighted by molar-refractivity contribution is 0.400. The number of rotatable bonds is 3. The van der Waals surface area contributed by atoms with Gasteiger partial charge in [0.1, 0.15) is 0 Å². The summed E-state index contributed by atoms with van der Waals surface area (Å²) < 4.78 is 0. The van der Waals surface area contributed by atoms with Gasteiger partial charge in [0.2, 0.25) is 0 Å². The average molecular weight is 178 g/mol. The van der Waals surface area contributed by atoms with E-state index in [0.29, 0.717) is 5.41 Å². The fourth-order valence-corrected chi connectivity index (χ4v) is 1.93. The number of allylic oxidation sites excluding steroid dienone is 4. The predicted octanol–water partition coefficient (Wildman–Crippen LogP) is 4.48. The van der Waals surface area contributed by atoms with E-state index in [1.807, 2.05) is 0 Å². The van der Waals surface area contributed by atoms with Crippen LogP contribution in [-0.4, -0.2) is 0 Å². The minimum absolute atomic E-state index is 0.435. The van der Waals surface area contributed by atoms with E-state index < -0.39 is 0 Å². The third-order valence-electron chi connectivity index (χ3n) is 2.65. The van der Waals surface area contributed by atoms with Gasteiger partial charge in [0.15, 0.2) is 0 Å². The van der Waals surface area contributed by atoms with Crippen LogP contribution in [0.15, 0.2) is 23.8 Å². The molecule has 0 bridgehead atoms. The molecule has 1 aliphatic carbocycles. The van der Waals surface area contributed by atoms with Crippen molar-refractivity contribution in [2.75, 3.05) is 0 Å². The minimum Gasteiger partial charge on any atom is -0.0843 e. The summed E-state index contributed by atoms with van der Waals surface area (Å²) in [5, 5.41) is 0. The monoisotopic (exact) mass is 178 g/mol. The molecule has 0 spiro atoms. The molecule has 1 aliphatic rings. The van der Waals surface area contributed by atoms with Crippen molar-refractivity contribution in [1.82, 2.24) is 0 Å². The van der Waals surface area contributed by atoms with Crippen molar-refractivity contribution in [3.8, 4) is 0 Å². The van der Waals surface area contributed by atoms with Crippen LogP contribution in [0.3, 0.4) is 0 Å². The summed E-state index contributed by atoms with van der Waals surface area (Å²) in [6, 6.07) is 0. The molecule has 1 rings (SSSR count). The van der Waals surface area contributed by atoms with Gasteiger partial charge in [0, 0.05) is 0 Å². The Hall–Kier alpha value is -0.520. The van der Waals surface area contributed by atoms with E-state index in [0.717, 1.165) is 0 Å². The predicted molar refractivity (Wildman–Crippen MR) is 59.8 cm³/mol. The Balaban J connectivity index is 2.54. The normalized spacial score (nSPS) is 21.9. The highest BCUT2D eigenvalue weighted by Gasteiger charge is 2.18. The fourth-order valence-electron chi connectivity index (χ4n) is 1.93. The Labute approximate surface area is 82.7 Å². The van der Waals surface area contributed by atoms with Crippen LogP contribution in [0.25, 0.3) is 0 Å². The molecule has 0 N–H and O–H groups in total. The quantitative estimate of drug-likeness (QED) is 0.597. The van der Waals surface area contributed by atoms with Crippen molar-refractivity contribution in [2.45, 2.75) is 52.9 Å². The van der Waals surface area contributed by atoms with Crippen molar-refractivity contribution in [3.63, 3.8) is 0 Å². The molecule has 0 fully saturated rings. The molecule has 0 saturated carbocycles. The zero-order valence-electron chi connectivity index (χ0n) is 9.27. The first kappa shape index (κ1) is 10.6. The smallest absolute Gasteiger partial charge is 0.0169 e. The molecule has 0 saturated heterocycles. The summed E-state index contributed by atoms with van der Waals surface area (Å²) in [7, 11) is 0. The minimum atomic E-state index is 0.435. The Morgan fingerprint density at radius 3 is 2.85 bits per heavy atom. The topological polar surface area (TPSA) is 0 Å². The fraction of sp³-hybridized carbons (Fsp3) is 0.692. The molecule has 0 unspecified atom stereocenters. The molecule has 0 aromatic heterocycles. The molecular formula is C13H22. The van der Waals surface area contributed by atoms with Gasteiger partial charge < -0.3 is 0 Å². The summed E-state index contributed by atoms with van der Waals surface area (Å²) in [5.74, 6) is 0. The van der Waals surface area contributed by atoms with Crippen LogP contribution in [0.5, 0.6) is 0 Å². The van der Waals surface area contributed by atoms with Crippen LogP contribution in [0.4, 0.5) is 0 Å². The lowest BCUT2D eigenvalue weighted by atomic mass is 9.79. The highest BCUT2D eigenvalue weighted by Crippen LogP contribution is 2.33. The van der Waals surface area contributed by atoms with Crippen molar-refractivity contribution in [3.05, 3.63) is 23.8 Å². The highest BCUT2D eigenvalue weighted by molar-refractivity contribution is 5.23. The zero-order chi connectivity index (χ0) is 9.73. The van der Waals surface area contributed by atoms with Crippen molar-refractivity contribution >= 4 is 0 Å². The van der Waals surface area contributed by atoms with Crippen LogP contribution in [0, 0.1) is 5.41 Å². The van der Waals surface area contributed by atoms with Crippen molar-refractivity contribution in [2.24, 2.45) is 5.41 Å². The van der Waals surface area contributed by atoms with E-state index in [1.165, 1.54) is 32.1 Å². The van der Waals surface area contributed by atoms with Gasteiger partial charge in [-0.2, -0.15) is 0 Å². The second kappa shape index (κ2) is 4.64. The molecule has 0 radical (unpaired) electrons. The maximum absolute atomic E-state index is 2.45. The second-order valence-electron chi connectivity index (χ2n) is 4.75. The van der Waals surface area contributed by atoms with Gasteiger partial charge in [-0.05, 0) is 31.1 Å². The van der Waals surface area contributed by atoms with Crippen LogP contribution in [0.2, 0.25) is 0 Å². The molecule has 74 valence electrons. The van der Waals surface area contributed by atoms with E-state index in [2.05, 4.69) is 39.0 Å². The standard InChI is InChI=1S/C13H22/c1-4-5-6-8-12-9-7-10-13(2,3)11-12/h6,8,11H,4-5,7,9-10H2,1-3H3. The summed E-state index contributed by atoms with van der Waals surface area (Å²) >= 11 is 0. The summed E-state index contributed by atoms with van der Waals surface area (Å²) in [6.07, 6.45) is 13.5. The first-order chi connectivity index (χ1) is 6.14. The molecule has 0 atom stereocenters. The van der Waals surface area contributed by atoms with Gasteiger partial charge in [-0.3, -0.25) is 0 Å². The van der Waals surface area contributed by atoms with Crippen LogP contribution >= 0.6 is 0 Å². The third kappa shape index (κ3) is 3.80.